The molecule has 0 radical (unpaired) electrons. The van der Waals surface area contributed by atoms with E-state index in [9.17, 15) is 8.42 Å². The quantitative estimate of drug-likeness (QED) is 0.524. The average molecular weight is 447 g/mol. The summed E-state index contributed by atoms with van der Waals surface area (Å²) in [6, 6.07) is 12.3. The molecule has 0 spiro atoms. The summed E-state index contributed by atoms with van der Waals surface area (Å²) < 4.78 is 38.5. The smallest absolute Gasteiger partial charge is 0.240 e. The van der Waals surface area contributed by atoms with Gasteiger partial charge in [0.15, 0.2) is 0 Å². The Hall–Kier alpha value is -1.32. The van der Waals surface area contributed by atoms with Crippen LogP contribution in [0.15, 0.2) is 47.4 Å². The van der Waals surface area contributed by atoms with Gasteiger partial charge in [0.05, 0.1) is 15.6 Å². The van der Waals surface area contributed by atoms with Gasteiger partial charge in [-0.05, 0) is 59.3 Å². The van der Waals surface area contributed by atoms with Crippen LogP contribution in [0.2, 0.25) is 0 Å². The van der Waals surface area contributed by atoms with Gasteiger partial charge < -0.3 is 9.47 Å². The Morgan fingerprint density at radius 3 is 2.52 bits per heavy atom. The van der Waals surface area contributed by atoms with Crippen molar-refractivity contribution in [2.24, 2.45) is 0 Å². The molecular formula is C16H18INO4S. The molecule has 0 fully saturated rings. The second kappa shape index (κ2) is 7.98. The number of para-hydroxylation sites is 1. The molecule has 0 aliphatic rings. The summed E-state index contributed by atoms with van der Waals surface area (Å²) in [5.74, 6) is 1.40. The molecule has 2 aromatic rings. The lowest BCUT2D eigenvalue weighted by Crippen LogP contribution is -2.28. The third kappa shape index (κ3) is 4.82. The molecule has 5 nitrogen and oxygen atoms in total. The molecule has 2 aromatic carbocycles. The zero-order valence-electron chi connectivity index (χ0n) is 12.9. The maximum Gasteiger partial charge on any atom is 0.240 e. The fraction of sp³-hybridized carbons (Fsp3) is 0.250. The Morgan fingerprint density at radius 2 is 1.87 bits per heavy atom. The summed E-state index contributed by atoms with van der Waals surface area (Å²) in [7, 11) is -2.01. The summed E-state index contributed by atoms with van der Waals surface area (Å²) >= 11 is 2.04. The maximum atomic E-state index is 12.3. The minimum Gasteiger partial charge on any atom is -0.496 e. The van der Waals surface area contributed by atoms with E-state index >= 15 is 0 Å². The van der Waals surface area contributed by atoms with Crippen molar-refractivity contribution in [1.82, 2.24) is 4.72 Å². The number of rotatable bonds is 7. The van der Waals surface area contributed by atoms with E-state index in [1.807, 2.05) is 53.8 Å². The number of halogens is 1. The second-order valence-electron chi connectivity index (χ2n) is 4.81. The highest BCUT2D eigenvalue weighted by Gasteiger charge is 2.15. The van der Waals surface area contributed by atoms with E-state index in [-0.39, 0.29) is 18.0 Å². The molecule has 0 atom stereocenters. The fourth-order valence-electron chi connectivity index (χ4n) is 1.95. The van der Waals surface area contributed by atoms with E-state index in [4.69, 9.17) is 9.47 Å². The highest BCUT2D eigenvalue weighted by molar-refractivity contribution is 14.1. The van der Waals surface area contributed by atoms with Crippen LogP contribution in [0.25, 0.3) is 0 Å². The number of hydrogen-bond donors (Lipinski definition) is 1. The lowest BCUT2D eigenvalue weighted by molar-refractivity contribution is 0.320. The van der Waals surface area contributed by atoms with E-state index in [0.29, 0.717) is 5.75 Å². The van der Waals surface area contributed by atoms with Gasteiger partial charge in [-0.15, -0.1) is 0 Å². The highest BCUT2D eigenvalue weighted by Crippen LogP contribution is 2.23. The Kier molecular flexibility index (Phi) is 6.25. The van der Waals surface area contributed by atoms with E-state index < -0.39 is 10.0 Å². The van der Waals surface area contributed by atoms with Gasteiger partial charge in [-0.25, -0.2) is 13.1 Å². The summed E-state index contributed by atoms with van der Waals surface area (Å²) in [6.07, 6.45) is 0. The summed E-state index contributed by atoms with van der Waals surface area (Å²) in [5.41, 5.74) is 1.01. The van der Waals surface area contributed by atoms with Crippen LogP contribution >= 0.6 is 22.6 Å². The van der Waals surface area contributed by atoms with Gasteiger partial charge in [-0.1, -0.05) is 18.2 Å². The molecule has 0 unspecified atom stereocenters. The molecule has 7 heteroatoms. The van der Waals surface area contributed by atoms with Crippen LogP contribution in [0, 0.1) is 10.5 Å². The van der Waals surface area contributed by atoms with Gasteiger partial charge in [0.1, 0.15) is 18.1 Å². The lowest BCUT2D eigenvalue weighted by Gasteiger charge is -2.11. The molecule has 0 aromatic heterocycles. The van der Waals surface area contributed by atoms with Crippen molar-refractivity contribution in [3.05, 3.63) is 51.6 Å². The van der Waals surface area contributed by atoms with E-state index in [0.717, 1.165) is 14.9 Å². The topological polar surface area (TPSA) is 64.6 Å². The minimum atomic E-state index is -3.56. The van der Waals surface area contributed by atoms with Gasteiger partial charge in [-0.2, -0.15) is 0 Å². The number of benzene rings is 2. The van der Waals surface area contributed by atoms with Crippen LogP contribution in [0.4, 0.5) is 0 Å². The first kappa shape index (κ1) is 18.0. The zero-order valence-corrected chi connectivity index (χ0v) is 15.8. The van der Waals surface area contributed by atoms with Crippen LogP contribution in [0.3, 0.4) is 0 Å². The Bertz CT molecular complexity index is 777. The monoisotopic (exact) mass is 447 g/mol. The Morgan fingerprint density at radius 1 is 1.13 bits per heavy atom. The first-order valence-corrected chi connectivity index (χ1v) is 9.52. The van der Waals surface area contributed by atoms with Crippen LogP contribution in [-0.2, 0) is 10.0 Å². The number of methoxy groups -OCH3 is 1. The number of ether oxygens (including phenoxy) is 2. The number of nitrogens with one attached hydrogen (secondary N) is 1. The summed E-state index contributed by atoms with van der Waals surface area (Å²) in [4.78, 5) is 0.207. The average Bonchev–Trinajstić information content (AvgIpc) is 2.53. The lowest BCUT2D eigenvalue weighted by atomic mass is 10.2. The third-order valence-corrected chi connectivity index (χ3v) is 5.48. The van der Waals surface area contributed by atoms with E-state index in [1.165, 1.54) is 6.07 Å². The molecule has 0 saturated heterocycles. The number of hydrogen-bond acceptors (Lipinski definition) is 4. The normalized spacial score (nSPS) is 11.3. The Balaban J connectivity index is 1.94. The van der Waals surface area contributed by atoms with Crippen molar-refractivity contribution in [2.45, 2.75) is 11.8 Å². The SMILES string of the molecule is COc1ccc(S(=O)(=O)NCCOc2ccccc2C)cc1I. The first-order chi connectivity index (χ1) is 10.9. The van der Waals surface area contributed by atoms with E-state index in [2.05, 4.69) is 4.72 Å². The predicted molar refractivity (Wildman–Crippen MR) is 97.6 cm³/mol. The molecule has 0 heterocycles. The van der Waals surface area contributed by atoms with Crippen molar-refractivity contribution in [1.29, 1.82) is 0 Å². The molecular weight excluding hydrogens is 429 g/mol. The Labute approximate surface area is 150 Å². The van der Waals surface area contributed by atoms with Gasteiger partial charge in [-0.3, -0.25) is 0 Å². The summed E-state index contributed by atoms with van der Waals surface area (Å²) in [6.45, 7) is 2.40. The number of sulfonamides is 1. The summed E-state index contributed by atoms with van der Waals surface area (Å²) in [5, 5.41) is 0. The van der Waals surface area contributed by atoms with Crippen LogP contribution in [0.1, 0.15) is 5.56 Å². The van der Waals surface area contributed by atoms with Gasteiger partial charge in [0.2, 0.25) is 10.0 Å². The second-order valence-corrected chi connectivity index (χ2v) is 7.74. The van der Waals surface area contributed by atoms with Crippen LogP contribution < -0.4 is 14.2 Å². The van der Waals surface area contributed by atoms with Gasteiger partial charge >= 0.3 is 0 Å². The third-order valence-electron chi connectivity index (χ3n) is 3.18. The van der Waals surface area contributed by atoms with Crippen molar-refractivity contribution in [3.63, 3.8) is 0 Å². The van der Waals surface area contributed by atoms with Gasteiger partial charge in [0.25, 0.3) is 0 Å². The molecule has 0 saturated carbocycles. The molecule has 124 valence electrons. The van der Waals surface area contributed by atoms with Crippen molar-refractivity contribution >= 4 is 32.6 Å². The minimum absolute atomic E-state index is 0.194. The first-order valence-electron chi connectivity index (χ1n) is 6.95. The largest absolute Gasteiger partial charge is 0.496 e. The molecule has 0 amide bonds. The van der Waals surface area contributed by atoms with Crippen molar-refractivity contribution in [3.8, 4) is 11.5 Å². The molecule has 2 rings (SSSR count). The van der Waals surface area contributed by atoms with Crippen LogP contribution in [-0.4, -0.2) is 28.7 Å². The molecule has 0 bridgehead atoms. The fourth-order valence-corrected chi connectivity index (χ4v) is 3.94. The highest BCUT2D eigenvalue weighted by atomic mass is 127. The predicted octanol–water partition coefficient (Wildman–Crippen LogP) is 2.97. The maximum absolute atomic E-state index is 12.3. The molecule has 1 N–H and O–H groups in total. The standard InChI is InChI=1S/C16H18INO4S/c1-12-5-3-4-6-15(12)22-10-9-18-23(19,20)13-7-8-16(21-2)14(17)11-13/h3-8,11,18H,9-10H2,1-2H3. The van der Waals surface area contributed by atoms with E-state index in [1.54, 1.807) is 19.2 Å². The molecule has 23 heavy (non-hydrogen) atoms. The zero-order chi connectivity index (χ0) is 16.9. The van der Waals surface area contributed by atoms with Crippen molar-refractivity contribution < 1.29 is 17.9 Å². The van der Waals surface area contributed by atoms with Crippen molar-refractivity contribution in [2.75, 3.05) is 20.3 Å². The number of aryl methyl sites for hydroxylation is 1. The molecule has 0 aliphatic heterocycles. The van der Waals surface area contributed by atoms with Crippen LogP contribution in [0.5, 0.6) is 11.5 Å². The van der Waals surface area contributed by atoms with Gasteiger partial charge in [0, 0.05) is 6.54 Å². The molecule has 0 aliphatic carbocycles.